The summed E-state index contributed by atoms with van der Waals surface area (Å²) in [4.78, 5) is 0. The van der Waals surface area contributed by atoms with E-state index in [1.165, 1.54) is 0 Å². The van der Waals surface area contributed by atoms with Crippen molar-refractivity contribution in [3.05, 3.63) is 23.8 Å². The fourth-order valence-corrected chi connectivity index (χ4v) is 1.25. The molecule has 2 nitrogen and oxygen atoms in total. The molecule has 0 fully saturated rings. The third kappa shape index (κ3) is 3.21. The van der Waals surface area contributed by atoms with Crippen LogP contribution in [0.3, 0.4) is 0 Å². The van der Waals surface area contributed by atoms with Crippen molar-refractivity contribution in [3.8, 4) is 23.8 Å². The number of hydrogen-bond acceptors (Lipinski definition) is 2. The Labute approximate surface area is 91.2 Å². The molecule has 0 N–H and O–H groups in total. The first-order valence-electron chi connectivity index (χ1n) is 4.97. The maximum Gasteiger partial charge on any atom is 0.148 e. The highest BCUT2D eigenvalue weighted by atomic mass is 16.5. The maximum absolute atomic E-state index is 5.63. The summed E-state index contributed by atoms with van der Waals surface area (Å²) in [6.07, 6.45) is 5.30. The van der Waals surface area contributed by atoms with Crippen LogP contribution in [0.15, 0.2) is 18.2 Å². The van der Waals surface area contributed by atoms with Gasteiger partial charge in [0.25, 0.3) is 0 Å². The van der Waals surface area contributed by atoms with Crippen LogP contribution < -0.4 is 9.47 Å². The summed E-state index contributed by atoms with van der Waals surface area (Å²) in [5.41, 5.74) is 0.987. The number of ether oxygens (including phenoxy) is 2. The summed E-state index contributed by atoms with van der Waals surface area (Å²) in [7, 11) is 0. The highest BCUT2D eigenvalue weighted by Crippen LogP contribution is 2.27. The molecule has 1 aromatic carbocycles. The fourth-order valence-electron chi connectivity index (χ4n) is 1.25. The Hall–Kier alpha value is -1.62. The van der Waals surface area contributed by atoms with Crippen molar-refractivity contribution in [1.29, 1.82) is 0 Å². The van der Waals surface area contributed by atoms with Gasteiger partial charge < -0.3 is 9.47 Å². The molecule has 0 heterocycles. The monoisotopic (exact) mass is 204 g/mol. The largest absolute Gasteiger partial charge is 0.491 e. The molecule has 0 bridgehead atoms. The zero-order valence-corrected chi connectivity index (χ0v) is 9.41. The highest BCUT2D eigenvalue weighted by molar-refractivity contribution is 5.43. The Morgan fingerprint density at radius 1 is 1.33 bits per heavy atom. The molecule has 0 aliphatic rings. The molecule has 0 atom stereocenters. The van der Waals surface area contributed by atoms with Gasteiger partial charge in [-0.05, 0) is 32.9 Å². The minimum atomic E-state index is 0.159. The molecular weight excluding hydrogens is 188 g/mol. The zero-order valence-electron chi connectivity index (χ0n) is 9.41. The van der Waals surface area contributed by atoms with Gasteiger partial charge in [0.15, 0.2) is 0 Å². The Morgan fingerprint density at radius 3 is 2.60 bits per heavy atom. The molecular formula is C13H16O2. The first-order valence-corrected chi connectivity index (χ1v) is 4.97. The van der Waals surface area contributed by atoms with E-state index >= 15 is 0 Å². The van der Waals surface area contributed by atoms with Gasteiger partial charge in [-0.2, -0.15) is 0 Å². The van der Waals surface area contributed by atoms with Gasteiger partial charge in [-0.25, -0.2) is 0 Å². The predicted octanol–water partition coefficient (Wildman–Crippen LogP) is 2.79. The van der Waals surface area contributed by atoms with Gasteiger partial charge in [-0.3, -0.25) is 0 Å². The quantitative estimate of drug-likeness (QED) is 0.702. The second-order valence-corrected chi connectivity index (χ2v) is 3.54. The van der Waals surface area contributed by atoms with Crippen molar-refractivity contribution in [3.63, 3.8) is 0 Å². The van der Waals surface area contributed by atoms with E-state index in [4.69, 9.17) is 15.9 Å². The number of benzene rings is 1. The third-order valence-electron chi connectivity index (χ3n) is 1.91. The van der Waals surface area contributed by atoms with Gasteiger partial charge in [0.2, 0.25) is 0 Å². The molecule has 0 radical (unpaired) electrons. The van der Waals surface area contributed by atoms with Crippen molar-refractivity contribution >= 4 is 0 Å². The Bertz CT molecular complexity index is 361. The predicted molar refractivity (Wildman–Crippen MR) is 61.3 cm³/mol. The minimum Gasteiger partial charge on any atom is -0.491 e. The van der Waals surface area contributed by atoms with E-state index in [1.54, 1.807) is 0 Å². The van der Waals surface area contributed by atoms with Crippen LogP contribution >= 0.6 is 0 Å². The summed E-state index contributed by atoms with van der Waals surface area (Å²) in [6, 6.07) is 5.72. The molecule has 0 saturated carbocycles. The van der Waals surface area contributed by atoms with E-state index in [9.17, 15) is 0 Å². The second kappa shape index (κ2) is 5.31. The summed E-state index contributed by atoms with van der Waals surface area (Å²) in [5.74, 6) is 4.07. The molecule has 0 aromatic heterocycles. The summed E-state index contributed by atoms with van der Waals surface area (Å²) in [6.45, 7) is 6.23. The molecule has 1 aromatic rings. The van der Waals surface area contributed by atoms with Crippen molar-refractivity contribution in [1.82, 2.24) is 0 Å². The maximum atomic E-state index is 5.63. The first-order chi connectivity index (χ1) is 7.15. The van der Waals surface area contributed by atoms with E-state index in [1.807, 2.05) is 39.0 Å². The molecule has 0 aliphatic heterocycles. The number of terminal acetylenes is 1. The molecule has 15 heavy (non-hydrogen) atoms. The molecule has 0 unspecified atom stereocenters. The van der Waals surface area contributed by atoms with Gasteiger partial charge in [-0.1, -0.05) is 12.0 Å². The number of rotatable bonds is 4. The number of hydrogen-bond donors (Lipinski definition) is 0. The highest BCUT2D eigenvalue weighted by Gasteiger charge is 2.06. The Balaban J connectivity index is 2.86. The lowest BCUT2D eigenvalue weighted by Gasteiger charge is -2.14. The van der Waals surface area contributed by atoms with Crippen LogP contribution in [0.25, 0.3) is 0 Å². The second-order valence-electron chi connectivity index (χ2n) is 3.54. The first kappa shape index (κ1) is 11.5. The van der Waals surface area contributed by atoms with Gasteiger partial charge in [0.1, 0.15) is 18.1 Å². The lowest BCUT2D eigenvalue weighted by Crippen LogP contribution is -2.07. The fraction of sp³-hybridized carbons (Fsp3) is 0.385. The van der Waals surface area contributed by atoms with E-state index < -0.39 is 0 Å². The molecule has 2 heteroatoms. The molecule has 0 saturated heterocycles. The van der Waals surface area contributed by atoms with E-state index in [0.717, 1.165) is 17.1 Å². The summed E-state index contributed by atoms with van der Waals surface area (Å²) in [5, 5.41) is 0. The Morgan fingerprint density at radius 2 is 2.00 bits per heavy atom. The summed E-state index contributed by atoms with van der Waals surface area (Å²) < 4.78 is 11.0. The lowest BCUT2D eigenvalue weighted by molar-refractivity contribution is 0.239. The van der Waals surface area contributed by atoms with Gasteiger partial charge in [0, 0.05) is 5.56 Å². The van der Waals surface area contributed by atoms with E-state index in [-0.39, 0.29) is 12.7 Å². The lowest BCUT2D eigenvalue weighted by atomic mass is 10.2. The van der Waals surface area contributed by atoms with Crippen molar-refractivity contribution < 1.29 is 9.47 Å². The minimum absolute atomic E-state index is 0.159. The van der Waals surface area contributed by atoms with Crippen LogP contribution in [-0.2, 0) is 0 Å². The molecule has 0 amide bonds. The van der Waals surface area contributed by atoms with E-state index in [0.29, 0.717) is 0 Å². The van der Waals surface area contributed by atoms with Crippen LogP contribution in [0, 0.1) is 19.3 Å². The van der Waals surface area contributed by atoms with Crippen LogP contribution in [0.2, 0.25) is 0 Å². The van der Waals surface area contributed by atoms with Gasteiger partial charge >= 0.3 is 0 Å². The zero-order chi connectivity index (χ0) is 11.3. The SMILES string of the molecule is C#CCOc1cccc(OC(C)C)c1C. The molecule has 0 spiro atoms. The van der Waals surface area contributed by atoms with Gasteiger partial charge in [-0.15, -0.1) is 6.42 Å². The molecule has 1 rings (SSSR count). The average molecular weight is 204 g/mol. The van der Waals surface area contributed by atoms with Crippen molar-refractivity contribution in [2.45, 2.75) is 26.9 Å². The van der Waals surface area contributed by atoms with Crippen LogP contribution in [0.4, 0.5) is 0 Å². The van der Waals surface area contributed by atoms with Crippen molar-refractivity contribution in [2.24, 2.45) is 0 Å². The van der Waals surface area contributed by atoms with Gasteiger partial charge in [0.05, 0.1) is 6.10 Å². The van der Waals surface area contributed by atoms with E-state index in [2.05, 4.69) is 5.92 Å². The molecule has 0 aliphatic carbocycles. The van der Waals surface area contributed by atoms with Crippen molar-refractivity contribution in [2.75, 3.05) is 6.61 Å². The van der Waals surface area contributed by atoms with Crippen LogP contribution in [0.1, 0.15) is 19.4 Å². The Kier molecular flexibility index (Phi) is 4.05. The summed E-state index contributed by atoms with van der Waals surface area (Å²) >= 11 is 0. The normalized spacial score (nSPS) is 9.80. The smallest absolute Gasteiger partial charge is 0.148 e. The van der Waals surface area contributed by atoms with Crippen LogP contribution in [0.5, 0.6) is 11.5 Å². The van der Waals surface area contributed by atoms with Crippen LogP contribution in [-0.4, -0.2) is 12.7 Å². The third-order valence-corrected chi connectivity index (χ3v) is 1.91. The average Bonchev–Trinajstić information content (AvgIpc) is 2.19. The standard InChI is InChI=1S/C13H16O2/c1-5-9-14-12-7-6-8-13(11(12)4)15-10(2)3/h1,6-8,10H,9H2,2-4H3. The topological polar surface area (TPSA) is 18.5 Å². The molecule has 80 valence electrons.